The van der Waals surface area contributed by atoms with E-state index in [1.54, 1.807) is 0 Å². The van der Waals surface area contributed by atoms with Crippen molar-refractivity contribution in [1.29, 1.82) is 0 Å². The molecule has 14 heavy (non-hydrogen) atoms. The fraction of sp³-hybridized carbons (Fsp3) is 0.714. The molecule has 0 fully saturated rings. The molecule has 1 aromatic rings. The number of aromatic nitrogens is 3. The molecule has 0 aromatic carbocycles. The molecule has 1 unspecified atom stereocenters. The summed E-state index contributed by atoms with van der Waals surface area (Å²) in [7, 11) is 0. The first-order valence-corrected chi connectivity index (χ1v) is 5.21. The number of rotatable bonds is 5. The van der Waals surface area contributed by atoms with Crippen LogP contribution in [0.2, 0.25) is 0 Å². The summed E-state index contributed by atoms with van der Waals surface area (Å²) in [5.74, 6) is -0.253. The van der Waals surface area contributed by atoms with Crippen molar-refractivity contribution >= 4 is 22.6 Å². The zero-order valence-corrected chi connectivity index (χ0v) is 8.75. The van der Waals surface area contributed by atoms with Crippen LogP contribution < -0.4 is 11.1 Å². The van der Waals surface area contributed by atoms with Crippen molar-refractivity contribution in [2.45, 2.75) is 19.8 Å². The number of nitrogens with one attached hydrogen (secondary N) is 1. The zero-order valence-electron chi connectivity index (χ0n) is 7.93. The Morgan fingerprint density at radius 1 is 1.71 bits per heavy atom. The van der Waals surface area contributed by atoms with Gasteiger partial charge >= 0.3 is 0 Å². The molecule has 0 bridgehead atoms. The summed E-state index contributed by atoms with van der Waals surface area (Å²) in [5.41, 5.74) is 5.48. The molecule has 1 rings (SSSR count). The van der Waals surface area contributed by atoms with Gasteiger partial charge in [-0.05, 0) is 11.6 Å². The van der Waals surface area contributed by atoms with Gasteiger partial charge in [0.15, 0.2) is 0 Å². The van der Waals surface area contributed by atoms with Crippen LogP contribution in [0.3, 0.4) is 0 Å². The first kappa shape index (κ1) is 11.0. The maximum atomic E-state index is 11.6. The highest BCUT2D eigenvalue weighted by atomic mass is 32.1. The van der Waals surface area contributed by atoms with Gasteiger partial charge in [-0.3, -0.25) is 10.1 Å². The van der Waals surface area contributed by atoms with Gasteiger partial charge in [0.2, 0.25) is 11.0 Å². The fourth-order valence-electron chi connectivity index (χ4n) is 1.09. The first-order chi connectivity index (χ1) is 6.77. The summed E-state index contributed by atoms with van der Waals surface area (Å²) < 4.78 is 3.54. The third-order valence-corrected chi connectivity index (χ3v) is 2.33. The summed E-state index contributed by atoms with van der Waals surface area (Å²) in [6.07, 6.45) is 1.72. The predicted octanol–water partition coefficient (Wildman–Crippen LogP) is 0.247. The predicted molar refractivity (Wildman–Crippen MR) is 53.8 cm³/mol. The monoisotopic (exact) mass is 215 g/mol. The molecular formula is C7H13N5OS. The smallest absolute Gasteiger partial charge is 0.231 e. The molecule has 0 aliphatic heterocycles. The van der Waals surface area contributed by atoms with E-state index < -0.39 is 0 Å². The number of nitrogens with zero attached hydrogens (tertiary/aromatic N) is 3. The van der Waals surface area contributed by atoms with Gasteiger partial charge < -0.3 is 5.73 Å². The standard InChI is InChI=1S/C7H13N5OS/c1-2-3-5(4-8)6(13)9-7-10-11-12-14-7/h5H,2-4,8H2,1H3,(H,9,10,12,13). The number of anilines is 1. The van der Waals surface area contributed by atoms with E-state index in [1.165, 1.54) is 0 Å². The maximum Gasteiger partial charge on any atom is 0.231 e. The van der Waals surface area contributed by atoms with Crippen molar-refractivity contribution in [2.75, 3.05) is 11.9 Å². The Labute approximate surface area is 86.0 Å². The molecule has 3 N–H and O–H groups in total. The topological polar surface area (TPSA) is 93.8 Å². The lowest BCUT2D eigenvalue weighted by atomic mass is 10.0. The van der Waals surface area contributed by atoms with E-state index in [0.717, 1.165) is 24.4 Å². The van der Waals surface area contributed by atoms with E-state index in [2.05, 4.69) is 20.1 Å². The van der Waals surface area contributed by atoms with Crippen LogP contribution in [0, 0.1) is 5.92 Å². The molecule has 7 heteroatoms. The molecule has 6 nitrogen and oxygen atoms in total. The van der Waals surface area contributed by atoms with Gasteiger partial charge in [0, 0.05) is 18.1 Å². The zero-order chi connectivity index (χ0) is 10.4. The van der Waals surface area contributed by atoms with Crippen LogP contribution >= 0.6 is 11.5 Å². The Hall–Kier alpha value is -1.08. The Bertz CT molecular complexity index is 276. The van der Waals surface area contributed by atoms with E-state index in [0.29, 0.717) is 11.7 Å². The average Bonchev–Trinajstić information content (AvgIpc) is 2.66. The number of amides is 1. The molecule has 0 spiro atoms. The van der Waals surface area contributed by atoms with Gasteiger partial charge in [-0.25, -0.2) is 0 Å². The summed E-state index contributed by atoms with van der Waals surface area (Å²) in [4.78, 5) is 11.6. The summed E-state index contributed by atoms with van der Waals surface area (Å²) >= 11 is 1.05. The Morgan fingerprint density at radius 2 is 2.50 bits per heavy atom. The van der Waals surface area contributed by atoms with Crippen molar-refractivity contribution in [3.63, 3.8) is 0 Å². The summed E-state index contributed by atoms with van der Waals surface area (Å²) in [6.45, 7) is 2.37. The van der Waals surface area contributed by atoms with Gasteiger partial charge in [-0.1, -0.05) is 22.9 Å². The van der Waals surface area contributed by atoms with E-state index in [4.69, 9.17) is 5.73 Å². The normalized spacial score (nSPS) is 12.4. The molecule has 0 saturated carbocycles. The SMILES string of the molecule is CCCC(CN)C(=O)Nc1nnns1. The number of carbonyl (C=O) groups excluding carboxylic acids is 1. The van der Waals surface area contributed by atoms with Gasteiger partial charge in [-0.15, -0.1) is 0 Å². The van der Waals surface area contributed by atoms with Gasteiger partial charge in [0.25, 0.3) is 0 Å². The van der Waals surface area contributed by atoms with Gasteiger partial charge in [0.05, 0.1) is 5.92 Å². The van der Waals surface area contributed by atoms with E-state index in [9.17, 15) is 4.79 Å². The van der Waals surface area contributed by atoms with Crippen LogP contribution in [-0.2, 0) is 4.79 Å². The Kier molecular flexibility index (Phi) is 4.41. The minimum atomic E-state index is -0.149. The fourth-order valence-corrected chi connectivity index (χ4v) is 1.46. The molecule has 1 amide bonds. The minimum absolute atomic E-state index is 0.104. The van der Waals surface area contributed by atoms with E-state index >= 15 is 0 Å². The molecular weight excluding hydrogens is 202 g/mol. The van der Waals surface area contributed by atoms with Crippen LogP contribution in [-0.4, -0.2) is 27.3 Å². The average molecular weight is 215 g/mol. The Balaban J connectivity index is 2.47. The van der Waals surface area contributed by atoms with E-state index in [-0.39, 0.29) is 11.8 Å². The van der Waals surface area contributed by atoms with Crippen molar-refractivity contribution in [2.24, 2.45) is 11.7 Å². The van der Waals surface area contributed by atoms with Crippen LogP contribution in [0.25, 0.3) is 0 Å². The van der Waals surface area contributed by atoms with Gasteiger partial charge in [0.1, 0.15) is 0 Å². The third-order valence-electron chi connectivity index (χ3n) is 1.82. The lowest BCUT2D eigenvalue weighted by Gasteiger charge is -2.11. The summed E-state index contributed by atoms with van der Waals surface area (Å²) in [6, 6.07) is 0. The van der Waals surface area contributed by atoms with Crippen molar-refractivity contribution in [3.05, 3.63) is 0 Å². The second-order valence-corrected chi connectivity index (χ2v) is 3.61. The lowest BCUT2D eigenvalue weighted by Crippen LogP contribution is -2.29. The second kappa shape index (κ2) is 5.61. The second-order valence-electron chi connectivity index (χ2n) is 2.88. The Morgan fingerprint density at radius 3 is 3.00 bits per heavy atom. The van der Waals surface area contributed by atoms with Gasteiger partial charge in [-0.2, -0.15) is 0 Å². The molecule has 0 aliphatic rings. The third kappa shape index (κ3) is 3.00. The first-order valence-electron chi connectivity index (χ1n) is 4.43. The molecule has 1 heterocycles. The minimum Gasteiger partial charge on any atom is -0.330 e. The molecule has 0 saturated heterocycles. The molecule has 0 radical (unpaired) electrons. The van der Waals surface area contributed by atoms with E-state index in [1.807, 2.05) is 6.92 Å². The molecule has 1 aromatic heterocycles. The molecule has 78 valence electrons. The number of nitrogens with two attached hydrogens (primary N) is 1. The number of carbonyl (C=O) groups is 1. The van der Waals surface area contributed by atoms with Crippen molar-refractivity contribution in [1.82, 2.24) is 14.8 Å². The van der Waals surface area contributed by atoms with Crippen molar-refractivity contribution < 1.29 is 4.79 Å². The highest BCUT2D eigenvalue weighted by Gasteiger charge is 2.16. The highest BCUT2D eigenvalue weighted by Crippen LogP contribution is 2.10. The summed E-state index contributed by atoms with van der Waals surface area (Å²) in [5, 5.41) is 10.0. The largest absolute Gasteiger partial charge is 0.330 e. The number of hydrogen-bond acceptors (Lipinski definition) is 6. The molecule has 1 atom stereocenters. The number of hydrogen-bond donors (Lipinski definition) is 2. The van der Waals surface area contributed by atoms with Crippen molar-refractivity contribution in [3.8, 4) is 0 Å². The maximum absolute atomic E-state index is 11.6. The quantitative estimate of drug-likeness (QED) is 0.734. The van der Waals surface area contributed by atoms with Crippen LogP contribution in [0.5, 0.6) is 0 Å². The van der Waals surface area contributed by atoms with Crippen LogP contribution in [0.4, 0.5) is 5.13 Å². The van der Waals surface area contributed by atoms with Crippen LogP contribution in [0.15, 0.2) is 0 Å². The van der Waals surface area contributed by atoms with Crippen LogP contribution in [0.1, 0.15) is 19.8 Å². The highest BCUT2D eigenvalue weighted by molar-refractivity contribution is 7.09. The molecule has 0 aliphatic carbocycles. The lowest BCUT2D eigenvalue weighted by molar-refractivity contribution is -0.119.